The molecule has 1 rings (SSSR count). The molecule has 0 saturated heterocycles. The Morgan fingerprint density at radius 3 is 2.33 bits per heavy atom. The zero-order valence-corrected chi connectivity index (χ0v) is 16.1. The van der Waals surface area contributed by atoms with Gasteiger partial charge in [-0.25, -0.2) is 9.18 Å². The van der Waals surface area contributed by atoms with Gasteiger partial charge in [-0.3, -0.25) is 5.32 Å². The van der Waals surface area contributed by atoms with Crippen molar-refractivity contribution in [2.24, 2.45) is 0 Å². The summed E-state index contributed by atoms with van der Waals surface area (Å²) in [6.45, 7) is 12.5. The highest BCUT2D eigenvalue weighted by atomic mass is 32.2. The summed E-state index contributed by atoms with van der Waals surface area (Å²) in [5.74, 6) is -0.435. The van der Waals surface area contributed by atoms with Crippen LogP contribution < -0.4 is 10.0 Å². The van der Waals surface area contributed by atoms with E-state index in [2.05, 4.69) is 10.0 Å². The van der Waals surface area contributed by atoms with Crippen LogP contribution in [0.2, 0.25) is 0 Å². The number of hydrogen-bond acceptors (Lipinski definition) is 4. The average Bonchev–Trinajstić information content (AvgIpc) is 2.37. The van der Waals surface area contributed by atoms with Crippen LogP contribution in [0.5, 0.6) is 0 Å². The number of amides is 1. The predicted molar refractivity (Wildman–Crippen MR) is 95.7 cm³/mol. The Hall–Kier alpha value is -1.31. The smallest absolute Gasteiger partial charge is 0.412 e. The summed E-state index contributed by atoms with van der Waals surface area (Å²) in [4.78, 5) is 11.8. The van der Waals surface area contributed by atoms with Gasteiger partial charge >= 0.3 is 6.09 Å². The molecular weight excluding hydrogens is 331 g/mol. The van der Waals surface area contributed by atoms with Gasteiger partial charge in [0.1, 0.15) is 16.2 Å². The summed E-state index contributed by atoms with van der Waals surface area (Å²) < 4.78 is 33.9. The van der Waals surface area contributed by atoms with Crippen LogP contribution in [0.3, 0.4) is 0 Å². The standard InChI is InChI=1S/C17H27FN2O3S/c1-11(20-24(22)17(5,6)7)13-10-12(8-9-14(13)18)19-15(21)23-16(2,3)4/h8-11,20H,1-7H3,(H,19,21)/t11-,24-/m0/s1. The molecule has 1 aromatic rings. The largest absolute Gasteiger partial charge is 0.598 e. The first-order valence-corrected chi connectivity index (χ1v) is 8.92. The molecule has 0 aromatic heterocycles. The molecule has 0 unspecified atom stereocenters. The van der Waals surface area contributed by atoms with Gasteiger partial charge in [-0.2, -0.15) is 0 Å². The number of benzene rings is 1. The van der Waals surface area contributed by atoms with Gasteiger partial charge in [-0.05, 0) is 66.7 Å². The third kappa shape index (κ3) is 6.67. The molecule has 1 amide bonds. The molecular formula is C17H27FN2O3S. The van der Waals surface area contributed by atoms with Gasteiger partial charge in [0.2, 0.25) is 0 Å². The first kappa shape index (κ1) is 20.7. The number of carbonyl (C=O) groups excluding carboxylic acids is 1. The maximum Gasteiger partial charge on any atom is 0.412 e. The van der Waals surface area contributed by atoms with Crippen LogP contribution in [-0.4, -0.2) is 21.0 Å². The second kappa shape index (κ2) is 7.72. The van der Waals surface area contributed by atoms with E-state index in [0.717, 1.165) is 0 Å². The highest BCUT2D eigenvalue weighted by molar-refractivity contribution is 7.90. The molecule has 0 heterocycles. The first-order chi connectivity index (χ1) is 10.8. The summed E-state index contributed by atoms with van der Waals surface area (Å²) in [6.07, 6.45) is -0.612. The number of hydrogen-bond donors (Lipinski definition) is 2. The van der Waals surface area contributed by atoms with Gasteiger partial charge in [0, 0.05) is 22.6 Å². The lowest BCUT2D eigenvalue weighted by Crippen LogP contribution is -2.40. The zero-order valence-electron chi connectivity index (χ0n) is 15.3. The van der Waals surface area contributed by atoms with Crippen LogP contribution in [0.1, 0.15) is 60.1 Å². The minimum Gasteiger partial charge on any atom is -0.598 e. The van der Waals surface area contributed by atoms with Crippen molar-refractivity contribution in [3.8, 4) is 0 Å². The van der Waals surface area contributed by atoms with E-state index in [9.17, 15) is 13.7 Å². The topological polar surface area (TPSA) is 73.4 Å². The number of halogens is 1. The fourth-order valence-corrected chi connectivity index (χ4v) is 2.58. The highest BCUT2D eigenvalue weighted by Crippen LogP contribution is 2.24. The van der Waals surface area contributed by atoms with E-state index in [0.29, 0.717) is 11.3 Å². The van der Waals surface area contributed by atoms with Gasteiger partial charge in [-0.15, -0.1) is 4.72 Å². The molecule has 0 aliphatic carbocycles. The first-order valence-electron chi connectivity index (χ1n) is 7.77. The molecule has 24 heavy (non-hydrogen) atoms. The van der Waals surface area contributed by atoms with Gasteiger partial charge < -0.3 is 9.29 Å². The Morgan fingerprint density at radius 2 is 1.83 bits per heavy atom. The quantitative estimate of drug-likeness (QED) is 0.788. The van der Waals surface area contributed by atoms with Gasteiger partial charge in [0.05, 0.1) is 6.04 Å². The van der Waals surface area contributed by atoms with Gasteiger partial charge in [0.15, 0.2) is 0 Å². The molecule has 7 heteroatoms. The number of anilines is 1. The van der Waals surface area contributed by atoms with Crippen LogP contribution >= 0.6 is 0 Å². The second-order valence-corrected chi connectivity index (χ2v) is 9.58. The van der Waals surface area contributed by atoms with E-state index >= 15 is 0 Å². The van der Waals surface area contributed by atoms with Gasteiger partial charge in [-0.1, -0.05) is 0 Å². The summed E-state index contributed by atoms with van der Waals surface area (Å²) >= 11 is -1.34. The van der Waals surface area contributed by atoms with Crippen LogP contribution in [0.4, 0.5) is 14.9 Å². The number of ether oxygens (including phenoxy) is 1. The lowest BCUT2D eigenvalue weighted by molar-refractivity contribution is 0.0636. The Balaban J connectivity index is 2.88. The fourth-order valence-electron chi connectivity index (χ4n) is 1.78. The Kier molecular flexibility index (Phi) is 6.67. The van der Waals surface area contributed by atoms with Crippen LogP contribution in [0, 0.1) is 5.82 Å². The van der Waals surface area contributed by atoms with Crippen molar-refractivity contribution in [3.63, 3.8) is 0 Å². The lowest BCUT2D eigenvalue weighted by atomic mass is 10.1. The minimum absolute atomic E-state index is 0.321. The van der Waals surface area contributed by atoms with E-state index in [-0.39, 0.29) is 0 Å². The molecule has 0 bridgehead atoms. The predicted octanol–water partition coefficient (Wildman–Crippen LogP) is 4.29. The normalized spacial score (nSPS) is 14.9. The molecule has 0 saturated carbocycles. The second-order valence-electron chi connectivity index (χ2n) is 7.58. The molecule has 0 aliphatic rings. The van der Waals surface area contributed by atoms with E-state index < -0.39 is 39.7 Å². The summed E-state index contributed by atoms with van der Waals surface area (Å²) in [5.41, 5.74) is 0.114. The third-order valence-electron chi connectivity index (χ3n) is 2.95. The number of carbonyl (C=O) groups is 1. The van der Waals surface area contributed by atoms with Crippen molar-refractivity contribution >= 4 is 23.1 Å². The Bertz CT molecular complexity index is 582. The molecule has 136 valence electrons. The van der Waals surface area contributed by atoms with Crippen molar-refractivity contribution in [1.29, 1.82) is 0 Å². The summed E-state index contributed by atoms with van der Waals surface area (Å²) in [6, 6.07) is 3.75. The summed E-state index contributed by atoms with van der Waals surface area (Å²) in [7, 11) is 0. The van der Waals surface area contributed by atoms with E-state index in [1.54, 1.807) is 27.7 Å². The van der Waals surface area contributed by atoms with E-state index in [1.807, 2.05) is 20.8 Å². The van der Waals surface area contributed by atoms with E-state index in [1.165, 1.54) is 18.2 Å². The fraction of sp³-hybridized carbons (Fsp3) is 0.588. The van der Waals surface area contributed by atoms with E-state index in [4.69, 9.17) is 4.74 Å². The molecule has 0 spiro atoms. The molecule has 1 aromatic carbocycles. The SMILES string of the molecule is C[C@H](N[S@@+]([O-])C(C)(C)C)c1cc(NC(=O)OC(C)(C)C)ccc1F. The number of rotatable bonds is 4. The lowest BCUT2D eigenvalue weighted by Gasteiger charge is -2.27. The Morgan fingerprint density at radius 1 is 1.25 bits per heavy atom. The number of nitrogens with one attached hydrogen (secondary N) is 2. The minimum atomic E-state index is -1.34. The monoisotopic (exact) mass is 358 g/mol. The summed E-state index contributed by atoms with van der Waals surface area (Å²) in [5, 5.41) is 2.57. The molecule has 0 fully saturated rings. The van der Waals surface area contributed by atoms with Crippen molar-refractivity contribution in [2.75, 3.05) is 5.32 Å². The maximum atomic E-state index is 14.1. The average molecular weight is 358 g/mol. The molecule has 0 aliphatic heterocycles. The maximum absolute atomic E-state index is 14.1. The van der Waals surface area contributed by atoms with Crippen molar-refractivity contribution in [3.05, 3.63) is 29.6 Å². The molecule has 2 N–H and O–H groups in total. The van der Waals surface area contributed by atoms with Gasteiger partial charge in [0.25, 0.3) is 0 Å². The van der Waals surface area contributed by atoms with Crippen LogP contribution in [-0.2, 0) is 16.1 Å². The van der Waals surface area contributed by atoms with Crippen molar-refractivity contribution < 1.29 is 18.5 Å². The molecule has 2 atom stereocenters. The van der Waals surface area contributed by atoms with Crippen LogP contribution in [0.15, 0.2) is 18.2 Å². The van der Waals surface area contributed by atoms with Crippen molar-refractivity contribution in [2.45, 2.75) is 64.9 Å². The Labute approximate surface area is 146 Å². The highest BCUT2D eigenvalue weighted by Gasteiger charge is 2.29. The van der Waals surface area contributed by atoms with Crippen LogP contribution in [0.25, 0.3) is 0 Å². The molecule has 5 nitrogen and oxygen atoms in total. The third-order valence-corrected chi connectivity index (χ3v) is 4.63. The molecule has 0 radical (unpaired) electrons. The van der Waals surface area contributed by atoms with Crippen molar-refractivity contribution in [1.82, 2.24) is 4.72 Å². The zero-order chi connectivity index (χ0) is 18.7.